The molecule has 1 aromatic carbocycles. The van der Waals surface area contributed by atoms with Gasteiger partial charge in [0.05, 0.1) is 6.20 Å². The van der Waals surface area contributed by atoms with Crippen LogP contribution in [0.1, 0.15) is 24.4 Å². The molecular formula is C12H16N4O2S. The van der Waals surface area contributed by atoms with Gasteiger partial charge in [0.15, 0.2) is 5.03 Å². The molecule has 2 rings (SSSR count). The molecule has 0 saturated heterocycles. The fourth-order valence-electron chi connectivity index (χ4n) is 1.60. The van der Waals surface area contributed by atoms with Crippen molar-refractivity contribution in [3.63, 3.8) is 0 Å². The third-order valence-electron chi connectivity index (χ3n) is 2.66. The number of imidazole rings is 1. The van der Waals surface area contributed by atoms with Gasteiger partial charge in [-0.05, 0) is 31.5 Å². The number of sulfonamides is 1. The number of H-pyrrole nitrogens is 1. The monoisotopic (exact) mass is 280 g/mol. The van der Waals surface area contributed by atoms with E-state index >= 15 is 0 Å². The summed E-state index contributed by atoms with van der Waals surface area (Å²) in [6.45, 7) is 3.56. The Kier molecular flexibility index (Phi) is 3.59. The fraction of sp³-hybridized carbons (Fsp3) is 0.250. The lowest BCUT2D eigenvalue weighted by molar-refractivity contribution is 0.598. The van der Waals surface area contributed by atoms with E-state index in [1.165, 1.54) is 6.20 Å². The smallest absolute Gasteiger partial charge is 0.278 e. The molecule has 1 unspecified atom stereocenters. The van der Waals surface area contributed by atoms with E-state index in [1.807, 2.05) is 6.92 Å². The van der Waals surface area contributed by atoms with Crippen LogP contribution in [-0.2, 0) is 10.0 Å². The second kappa shape index (κ2) is 5.02. The van der Waals surface area contributed by atoms with Crippen LogP contribution in [0.4, 0.5) is 5.69 Å². The number of benzene rings is 1. The molecule has 1 aromatic heterocycles. The highest BCUT2D eigenvalue weighted by Crippen LogP contribution is 2.17. The number of nitrogens with two attached hydrogens (primary N) is 1. The van der Waals surface area contributed by atoms with Gasteiger partial charge in [0.25, 0.3) is 10.0 Å². The molecule has 7 heteroatoms. The van der Waals surface area contributed by atoms with Crippen LogP contribution in [0.15, 0.2) is 35.5 Å². The van der Waals surface area contributed by atoms with E-state index < -0.39 is 10.0 Å². The van der Waals surface area contributed by atoms with E-state index in [0.717, 1.165) is 5.56 Å². The first-order chi connectivity index (χ1) is 8.88. The SMILES string of the molecule is Cc1ncc(S(=O)(=O)Nc2ccc(C(C)N)cc2)[nH]1. The second-order valence-corrected chi connectivity index (χ2v) is 6.00. The van der Waals surface area contributed by atoms with Gasteiger partial charge in [-0.1, -0.05) is 12.1 Å². The topological polar surface area (TPSA) is 101 Å². The number of aromatic nitrogens is 2. The maximum absolute atomic E-state index is 12.0. The van der Waals surface area contributed by atoms with Crippen LogP contribution in [0.2, 0.25) is 0 Å². The predicted molar refractivity (Wildman–Crippen MR) is 73.2 cm³/mol. The number of nitrogens with zero attached hydrogens (tertiary/aromatic N) is 1. The number of aryl methyl sites for hydroxylation is 1. The van der Waals surface area contributed by atoms with Gasteiger partial charge in [0, 0.05) is 11.7 Å². The van der Waals surface area contributed by atoms with Gasteiger partial charge in [-0.3, -0.25) is 4.72 Å². The standard InChI is InChI=1S/C12H16N4O2S/c1-8(13)10-3-5-11(6-4-10)16-19(17,18)12-7-14-9(2)15-12/h3-8,16H,13H2,1-2H3,(H,14,15). The van der Waals surface area contributed by atoms with Gasteiger partial charge >= 0.3 is 0 Å². The average Bonchev–Trinajstić information content (AvgIpc) is 2.77. The summed E-state index contributed by atoms with van der Waals surface area (Å²) in [7, 11) is -3.62. The molecular weight excluding hydrogens is 264 g/mol. The lowest BCUT2D eigenvalue weighted by Crippen LogP contribution is -2.13. The van der Waals surface area contributed by atoms with Crippen LogP contribution in [0.3, 0.4) is 0 Å². The van der Waals surface area contributed by atoms with Gasteiger partial charge in [-0.2, -0.15) is 8.42 Å². The molecule has 4 N–H and O–H groups in total. The van der Waals surface area contributed by atoms with Crippen molar-refractivity contribution < 1.29 is 8.42 Å². The number of anilines is 1. The molecule has 1 atom stereocenters. The lowest BCUT2D eigenvalue weighted by atomic mass is 10.1. The molecule has 0 radical (unpaired) electrons. The minimum Gasteiger partial charge on any atom is -0.332 e. The highest BCUT2D eigenvalue weighted by molar-refractivity contribution is 7.92. The van der Waals surface area contributed by atoms with Gasteiger partial charge < -0.3 is 10.7 Å². The van der Waals surface area contributed by atoms with Gasteiger partial charge in [0.2, 0.25) is 0 Å². The Morgan fingerprint density at radius 3 is 2.42 bits per heavy atom. The maximum Gasteiger partial charge on any atom is 0.278 e. The van der Waals surface area contributed by atoms with Crippen LogP contribution in [-0.4, -0.2) is 18.4 Å². The number of nitrogens with one attached hydrogen (secondary N) is 2. The molecule has 0 aliphatic rings. The highest BCUT2D eigenvalue weighted by atomic mass is 32.2. The van der Waals surface area contributed by atoms with Gasteiger partial charge in [-0.15, -0.1) is 0 Å². The van der Waals surface area contributed by atoms with Crippen LogP contribution in [0.25, 0.3) is 0 Å². The molecule has 19 heavy (non-hydrogen) atoms. The van der Waals surface area contributed by atoms with E-state index in [4.69, 9.17) is 5.73 Å². The molecule has 0 saturated carbocycles. The summed E-state index contributed by atoms with van der Waals surface area (Å²) in [5.74, 6) is 0.549. The molecule has 102 valence electrons. The Morgan fingerprint density at radius 2 is 1.95 bits per heavy atom. The minimum atomic E-state index is -3.62. The lowest BCUT2D eigenvalue weighted by Gasteiger charge is -2.09. The summed E-state index contributed by atoms with van der Waals surface area (Å²) < 4.78 is 26.5. The van der Waals surface area contributed by atoms with Crippen molar-refractivity contribution in [1.29, 1.82) is 0 Å². The summed E-state index contributed by atoms with van der Waals surface area (Å²) >= 11 is 0. The first-order valence-electron chi connectivity index (χ1n) is 5.78. The van der Waals surface area contributed by atoms with Crippen molar-refractivity contribution >= 4 is 15.7 Å². The summed E-state index contributed by atoms with van der Waals surface area (Å²) in [6.07, 6.45) is 1.29. The van der Waals surface area contributed by atoms with E-state index in [-0.39, 0.29) is 11.1 Å². The number of aromatic amines is 1. The summed E-state index contributed by atoms with van der Waals surface area (Å²) in [5, 5.41) is 0.0428. The molecule has 1 heterocycles. The molecule has 0 aliphatic heterocycles. The van der Waals surface area contributed by atoms with Gasteiger partial charge in [0.1, 0.15) is 5.82 Å². The Labute approximate surface area is 112 Å². The molecule has 0 amide bonds. The zero-order valence-electron chi connectivity index (χ0n) is 10.7. The molecule has 0 aliphatic carbocycles. The molecule has 2 aromatic rings. The number of hydrogen-bond acceptors (Lipinski definition) is 4. The van der Waals surface area contributed by atoms with E-state index in [0.29, 0.717) is 11.5 Å². The van der Waals surface area contributed by atoms with Crippen molar-refractivity contribution in [2.45, 2.75) is 24.9 Å². The molecule has 0 fully saturated rings. The Bertz CT molecular complexity index is 659. The fourth-order valence-corrected chi connectivity index (χ4v) is 2.63. The Balaban J connectivity index is 2.21. The van der Waals surface area contributed by atoms with Crippen molar-refractivity contribution in [1.82, 2.24) is 9.97 Å². The number of hydrogen-bond donors (Lipinski definition) is 3. The number of rotatable bonds is 4. The molecule has 0 bridgehead atoms. The summed E-state index contributed by atoms with van der Waals surface area (Å²) in [4.78, 5) is 6.56. The third kappa shape index (κ3) is 3.12. The Hall–Kier alpha value is -1.86. The van der Waals surface area contributed by atoms with Crippen molar-refractivity contribution in [3.8, 4) is 0 Å². The molecule has 0 spiro atoms. The normalized spacial score (nSPS) is 13.2. The summed E-state index contributed by atoms with van der Waals surface area (Å²) in [5.41, 5.74) is 7.16. The van der Waals surface area contributed by atoms with E-state index in [2.05, 4.69) is 14.7 Å². The van der Waals surface area contributed by atoms with Crippen LogP contribution in [0, 0.1) is 6.92 Å². The van der Waals surface area contributed by atoms with Crippen molar-refractivity contribution in [3.05, 3.63) is 41.9 Å². The van der Waals surface area contributed by atoms with Crippen LogP contribution in [0.5, 0.6) is 0 Å². The zero-order chi connectivity index (χ0) is 14.0. The zero-order valence-corrected chi connectivity index (χ0v) is 11.5. The van der Waals surface area contributed by atoms with Crippen LogP contribution >= 0.6 is 0 Å². The molecule has 6 nitrogen and oxygen atoms in total. The predicted octanol–water partition coefficient (Wildman–Crippen LogP) is 1.54. The summed E-state index contributed by atoms with van der Waals surface area (Å²) in [6, 6.07) is 6.86. The van der Waals surface area contributed by atoms with Crippen molar-refractivity contribution in [2.75, 3.05) is 4.72 Å². The maximum atomic E-state index is 12.0. The van der Waals surface area contributed by atoms with Crippen molar-refractivity contribution in [2.24, 2.45) is 5.73 Å². The second-order valence-electron chi connectivity index (χ2n) is 4.35. The van der Waals surface area contributed by atoms with Crippen LogP contribution < -0.4 is 10.5 Å². The highest BCUT2D eigenvalue weighted by Gasteiger charge is 2.16. The van der Waals surface area contributed by atoms with E-state index in [1.54, 1.807) is 31.2 Å². The minimum absolute atomic E-state index is 0.0428. The van der Waals surface area contributed by atoms with E-state index in [9.17, 15) is 8.42 Å². The first kappa shape index (κ1) is 13.6. The first-order valence-corrected chi connectivity index (χ1v) is 7.27. The third-order valence-corrected chi connectivity index (χ3v) is 3.95. The Morgan fingerprint density at radius 1 is 1.32 bits per heavy atom. The van der Waals surface area contributed by atoms with Gasteiger partial charge in [-0.25, -0.2) is 4.98 Å². The average molecular weight is 280 g/mol. The largest absolute Gasteiger partial charge is 0.332 e. The quantitative estimate of drug-likeness (QED) is 0.790.